The summed E-state index contributed by atoms with van der Waals surface area (Å²) in [6, 6.07) is 20.6. The molecule has 0 fully saturated rings. The molecule has 3 heterocycles. The van der Waals surface area contributed by atoms with Gasteiger partial charge in [0.25, 0.3) is 0 Å². The zero-order chi connectivity index (χ0) is 18.1. The third-order valence-electron chi connectivity index (χ3n) is 4.48. The average Bonchev–Trinajstić information content (AvgIpc) is 3.33. The number of hydrogen-bond acceptors (Lipinski definition) is 5. The van der Waals surface area contributed by atoms with E-state index in [1.807, 2.05) is 30.3 Å². The van der Waals surface area contributed by atoms with E-state index in [4.69, 9.17) is 0 Å². The summed E-state index contributed by atoms with van der Waals surface area (Å²) in [7, 11) is 0. The van der Waals surface area contributed by atoms with Crippen LogP contribution in [0.1, 0.15) is 5.82 Å². The van der Waals surface area contributed by atoms with Gasteiger partial charge in [0, 0.05) is 17.8 Å². The molecular formula is C21H17N5S. The molecule has 0 spiro atoms. The molecule has 0 aliphatic heterocycles. The largest absolute Gasteiger partial charge is 0.369 e. The average molecular weight is 371 g/mol. The molecule has 0 aliphatic rings. The van der Waals surface area contributed by atoms with Gasteiger partial charge in [-0.2, -0.15) is 0 Å². The maximum Gasteiger partial charge on any atom is 0.138 e. The second-order valence-corrected chi connectivity index (χ2v) is 7.33. The van der Waals surface area contributed by atoms with Crippen LogP contribution in [0.4, 0.5) is 5.82 Å². The Morgan fingerprint density at radius 2 is 1.81 bits per heavy atom. The Bertz CT molecular complexity index is 1180. The fourth-order valence-electron chi connectivity index (χ4n) is 3.16. The van der Waals surface area contributed by atoms with E-state index < -0.39 is 0 Å². The molecule has 5 nitrogen and oxygen atoms in total. The lowest BCUT2D eigenvalue weighted by molar-refractivity contribution is 0.929. The standard InChI is InChI=1S/C21H17N5S/c1-2-6-14(7-3-1)18-12-15-20(23-13-24-21(15)27-18)22-11-10-19-25-16-8-4-5-9-17(16)26-19/h1-9,12-13H,10-11H2,(H,25,26)(H,22,23,24). The van der Waals surface area contributed by atoms with E-state index in [0.717, 1.165) is 45.9 Å². The second-order valence-electron chi connectivity index (χ2n) is 6.30. The van der Waals surface area contributed by atoms with Gasteiger partial charge in [-0.05, 0) is 23.8 Å². The van der Waals surface area contributed by atoms with Crippen molar-refractivity contribution in [1.29, 1.82) is 0 Å². The van der Waals surface area contributed by atoms with E-state index >= 15 is 0 Å². The van der Waals surface area contributed by atoms with E-state index in [1.165, 1.54) is 10.4 Å². The predicted octanol–water partition coefficient (Wildman–Crippen LogP) is 4.89. The van der Waals surface area contributed by atoms with E-state index in [2.05, 4.69) is 55.6 Å². The smallest absolute Gasteiger partial charge is 0.138 e. The van der Waals surface area contributed by atoms with Crippen LogP contribution in [-0.4, -0.2) is 26.5 Å². The summed E-state index contributed by atoms with van der Waals surface area (Å²) in [6.45, 7) is 0.752. The van der Waals surface area contributed by atoms with Crippen LogP contribution >= 0.6 is 11.3 Å². The van der Waals surface area contributed by atoms with Crippen molar-refractivity contribution in [2.45, 2.75) is 6.42 Å². The van der Waals surface area contributed by atoms with Crippen LogP contribution in [-0.2, 0) is 6.42 Å². The molecule has 5 rings (SSSR count). The third kappa shape index (κ3) is 3.15. The minimum absolute atomic E-state index is 0.752. The van der Waals surface area contributed by atoms with Gasteiger partial charge in [0.15, 0.2) is 0 Å². The van der Waals surface area contributed by atoms with Crippen molar-refractivity contribution < 1.29 is 0 Å². The van der Waals surface area contributed by atoms with Gasteiger partial charge in [-0.25, -0.2) is 15.0 Å². The summed E-state index contributed by atoms with van der Waals surface area (Å²) in [5.74, 6) is 1.85. The number of H-pyrrole nitrogens is 1. The van der Waals surface area contributed by atoms with Crippen LogP contribution in [0.5, 0.6) is 0 Å². The van der Waals surface area contributed by atoms with Crippen LogP contribution in [0.3, 0.4) is 0 Å². The Morgan fingerprint density at radius 3 is 2.70 bits per heavy atom. The first-order valence-electron chi connectivity index (χ1n) is 8.84. The molecule has 0 saturated heterocycles. The Hall–Kier alpha value is -3.25. The number of fused-ring (bicyclic) bond motifs is 2. The van der Waals surface area contributed by atoms with Crippen molar-refractivity contribution in [3.05, 3.63) is 72.8 Å². The summed E-state index contributed by atoms with van der Waals surface area (Å²) in [4.78, 5) is 19.1. The maximum absolute atomic E-state index is 4.62. The molecule has 0 aliphatic carbocycles. The van der Waals surface area contributed by atoms with Crippen LogP contribution in [0, 0.1) is 0 Å². The quantitative estimate of drug-likeness (QED) is 0.462. The first-order valence-corrected chi connectivity index (χ1v) is 9.66. The van der Waals surface area contributed by atoms with Crippen molar-refractivity contribution in [2.24, 2.45) is 0 Å². The van der Waals surface area contributed by atoms with E-state index in [0.29, 0.717) is 0 Å². The summed E-state index contributed by atoms with van der Waals surface area (Å²) in [5.41, 5.74) is 3.28. The van der Waals surface area contributed by atoms with Crippen LogP contribution in [0.15, 0.2) is 67.0 Å². The van der Waals surface area contributed by atoms with Gasteiger partial charge in [0.2, 0.25) is 0 Å². The van der Waals surface area contributed by atoms with Gasteiger partial charge < -0.3 is 10.3 Å². The lowest BCUT2D eigenvalue weighted by Gasteiger charge is -2.04. The van der Waals surface area contributed by atoms with Gasteiger partial charge in [0.05, 0.1) is 16.4 Å². The molecule has 0 bridgehead atoms. The molecule has 132 valence electrons. The Kier molecular flexibility index (Phi) is 4.03. The number of para-hydroxylation sites is 2. The number of thiophene rings is 1. The molecule has 27 heavy (non-hydrogen) atoms. The molecule has 6 heteroatoms. The molecule has 5 aromatic rings. The van der Waals surface area contributed by atoms with Gasteiger partial charge in [-0.15, -0.1) is 11.3 Å². The summed E-state index contributed by atoms with van der Waals surface area (Å²) in [6.07, 6.45) is 2.42. The molecule has 0 unspecified atom stereocenters. The Morgan fingerprint density at radius 1 is 0.963 bits per heavy atom. The number of aromatic nitrogens is 4. The van der Waals surface area contributed by atoms with Crippen molar-refractivity contribution in [3.8, 4) is 10.4 Å². The molecule has 2 N–H and O–H groups in total. The number of aromatic amines is 1. The summed E-state index contributed by atoms with van der Waals surface area (Å²) in [5, 5.41) is 4.50. The number of benzene rings is 2. The van der Waals surface area contributed by atoms with Crippen molar-refractivity contribution in [1.82, 2.24) is 19.9 Å². The molecule has 0 amide bonds. The monoisotopic (exact) mass is 371 g/mol. The van der Waals surface area contributed by atoms with E-state index in [-0.39, 0.29) is 0 Å². The zero-order valence-corrected chi connectivity index (χ0v) is 15.3. The number of rotatable bonds is 5. The van der Waals surface area contributed by atoms with E-state index in [1.54, 1.807) is 17.7 Å². The SMILES string of the molecule is c1ccc(-c2cc3c(NCCc4nc5ccccc5[nH]4)ncnc3s2)cc1. The fraction of sp³-hybridized carbons (Fsp3) is 0.0952. The molecule has 0 atom stereocenters. The van der Waals surface area contributed by atoms with Gasteiger partial charge in [-0.1, -0.05) is 42.5 Å². The number of imidazole rings is 1. The maximum atomic E-state index is 4.62. The van der Waals surface area contributed by atoms with Gasteiger partial charge >= 0.3 is 0 Å². The lowest BCUT2D eigenvalue weighted by atomic mass is 10.2. The Labute approximate surface area is 160 Å². The van der Waals surface area contributed by atoms with Crippen molar-refractivity contribution >= 4 is 38.4 Å². The molecule has 0 saturated carbocycles. The molecule has 0 radical (unpaired) electrons. The Balaban J connectivity index is 1.36. The van der Waals surface area contributed by atoms with Crippen LogP contribution in [0.2, 0.25) is 0 Å². The summed E-state index contributed by atoms with van der Waals surface area (Å²) < 4.78 is 0. The molecule has 3 aromatic heterocycles. The minimum atomic E-state index is 0.752. The van der Waals surface area contributed by atoms with E-state index in [9.17, 15) is 0 Å². The second kappa shape index (κ2) is 6.81. The third-order valence-corrected chi connectivity index (χ3v) is 5.57. The lowest BCUT2D eigenvalue weighted by Crippen LogP contribution is -2.07. The highest BCUT2D eigenvalue weighted by Crippen LogP contribution is 2.34. The number of nitrogens with one attached hydrogen (secondary N) is 2. The summed E-state index contributed by atoms with van der Waals surface area (Å²) >= 11 is 1.69. The number of hydrogen-bond donors (Lipinski definition) is 2. The first kappa shape index (κ1) is 16.0. The number of nitrogens with zero attached hydrogens (tertiary/aromatic N) is 3. The van der Waals surface area contributed by atoms with Gasteiger partial charge in [-0.3, -0.25) is 0 Å². The minimum Gasteiger partial charge on any atom is -0.369 e. The zero-order valence-electron chi connectivity index (χ0n) is 14.5. The topological polar surface area (TPSA) is 66.5 Å². The first-order chi connectivity index (χ1) is 13.4. The van der Waals surface area contributed by atoms with Crippen molar-refractivity contribution in [2.75, 3.05) is 11.9 Å². The highest BCUT2D eigenvalue weighted by Gasteiger charge is 2.10. The normalized spacial score (nSPS) is 11.3. The van der Waals surface area contributed by atoms with Gasteiger partial charge in [0.1, 0.15) is 22.8 Å². The van der Waals surface area contributed by atoms with Crippen molar-refractivity contribution in [3.63, 3.8) is 0 Å². The number of anilines is 1. The predicted molar refractivity (Wildman–Crippen MR) is 111 cm³/mol. The highest BCUT2D eigenvalue weighted by molar-refractivity contribution is 7.21. The van der Waals surface area contributed by atoms with Crippen LogP contribution < -0.4 is 5.32 Å². The molecular weight excluding hydrogens is 354 g/mol. The van der Waals surface area contributed by atoms with Crippen LogP contribution in [0.25, 0.3) is 31.7 Å². The fourth-order valence-corrected chi connectivity index (χ4v) is 4.17. The molecule has 2 aromatic carbocycles. The highest BCUT2D eigenvalue weighted by atomic mass is 32.1.